The van der Waals surface area contributed by atoms with Gasteiger partial charge < -0.3 is 9.88 Å². The summed E-state index contributed by atoms with van der Waals surface area (Å²) in [5.41, 5.74) is 1.22. The average molecular weight is 357 g/mol. The summed E-state index contributed by atoms with van der Waals surface area (Å²) in [6.07, 6.45) is 1.17. The molecule has 1 saturated heterocycles. The van der Waals surface area contributed by atoms with E-state index < -0.39 is 5.41 Å². The molecule has 2 aromatic carbocycles. The number of aromatic amines is 1. The van der Waals surface area contributed by atoms with Crippen LogP contribution in [0.1, 0.15) is 28.8 Å². The van der Waals surface area contributed by atoms with Gasteiger partial charge in [0.05, 0.1) is 17.0 Å². The van der Waals surface area contributed by atoms with Crippen LogP contribution in [0.2, 0.25) is 0 Å². The van der Waals surface area contributed by atoms with Gasteiger partial charge in [0.2, 0.25) is 5.56 Å². The smallest absolute Gasteiger partial charge is 0.254 e. The molecule has 1 fully saturated rings. The van der Waals surface area contributed by atoms with Crippen LogP contribution in [-0.4, -0.2) is 28.9 Å². The third-order valence-corrected chi connectivity index (χ3v) is 5.43. The van der Waals surface area contributed by atoms with Crippen molar-refractivity contribution in [3.63, 3.8) is 0 Å². The molecule has 0 spiro atoms. The molecule has 1 aliphatic rings. The molecule has 5 heteroatoms. The number of piperidine rings is 1. The van der Waals surface area contributed by atoms with E-state index in [-0.39, 0.29) is 11.5 Å². The monoisotopic (exact) mass is 357 g/mol. The molecular formula is C22H19N3O2. The molecule has 2 heterocycles. The number of rotatable bonds is 2. The molecule has 0 unspecified atom stereocenters. The van der Waals surface area contributed by atoms with E-state index >= 15 is 0 Å². The molecule has 0 saturated carbocycles. The van der Waals surface area contributed by atoms with E-state index in [1.807, 2.05) is 48.5 Å². The Hall–Kier alpha value is -3.39. The Kier molecular flexibility index (Phi) is 4.25. The van der Waals surface area contributed by atoms with Crippen molar-refractivity contribution in [1.29, 1.82) is 5.26 Å². The molecule has 1 amide bonds. The van der Waals surface area contributed by atoms with Crippen molar-refractivity contribution in [3.8, 4) is 6.07 Å². The second kappa shape index (κ2) is 6.73. The minimum Gasteiger partial charge on any atom is -0.338 e. The van der Waals surface area contributed by atoms with Gasteiger partial charge in [-0.1, -0.05) is 48.5 Å². The van der Waals surface area contributed by atoms with Gasteiger partial charge in [-0.15, -0.1) is 0 Å². The number of likely N-dealkylation sites (tertiary alicyclic amines) is 1. The highest BCUT2D eigenvalue weighted by Crippen LogP contribution is 2.35. The van der Waals surface area contributed by atoms with Gasteiger partial charge in [-0.25, -0.2) is 0 Å². The Morgan fingerprint density at radius 2 is 1.70 bits per heavy atom. The van der Waals surface area contributed by atoms with E-state index in [0.29, 0.717) is 37.0 Å². The maximum Gasteiger partial charge on any atom is 0.254 e. The Morgan fingerprint density at radius 3 is 2.41 bits per heavy atom. The van der Waals surface area contributed by atoms with Crippen molar-refractivity contribution in [2.75, 3.05) is 13.1 Å². The fourth-order valence-electron chi connectivity index (χ4n) is 3.87. The van der Waals surface area contributed by atoms with Crippen molar-refractivity contribution < 1.29 is 4.79 Å². The fraction of sp³-hybridized carbons (Fsp3) is 0.227. The quantitative estimate of drug-likeness (QED) is 0.765. The summed E-state index contributed by atoms with van der Waals surface area (Å²) in [5, 5.41) is 10.6. The molecule has 3 aromatic rings. The third-order valence-electron chi connectivity index (χ3n) is 5.43. The predicted molar refractivity (Wildman–Crippen MR) is 103 cm³/mol. The van der Waals surface area contributed by atoms with Crippen molar-refractivity contribution in [3.05, 3.63) is 82.1 Å². The minimum absolute atomic E-state index is 0.156. The maximum atomic E-state index is 13.1. The normalized spacial score (nSPS) is 16.0. The molecular weight excluding hydrogens is 338 g/mol. The first-order valence-corrected chi connectivity index (χ1v) is 9.01. The van der Waals surface area contributed by atoms with Crippen LogP contribution in [0.5, 0.6) is 0 Å². The summed E-state index contributed by atoms with van der Waals surface area (Å²) in [4.78, 5) is 29.6. The number of fused-ring (bicyclic) bond motifs is 1. The number of nitriles is 1. The number of carbonyl (C=O) groups excluding carboxylic acids is 1. The van der Waals surface area contributed by atoms with E-state index in [9.17, 15) is 14.9 Å². The molecule has 0 atom stereocenters. The van der Waals surface area contributed by atoms with Crippen LogP contribution in [0.25, 0.3) is 10.9 Å². The third kappa shape index (κ3) is 3.00. The van der Waals surface area contributed by atoms with Gasteiger partial charge in [0.1, 0.15) is 0 Å². The molecule has 27 heavy (non-hydrogen) atoms. The Balaban J connectivity index is 1.62. The number of H-pyrrole nitrogens is 1. The zero-order chi connectivity index (χ0) is 18.9. The van der Waals surface area contributed by atoms with Crippen LogP contribution in [0.15, 0.2) is 65.5 Å². The second-order valence-corrected chi connectivity index (χ2v) is 6.94. The number of hydrogen-bond donors (Lipinski definition) is 1. The molecule has 1 aliphatic heterocycles. The highest BCUT2D eigenvalue weighted by Gasteiger charge is 2.38. The number of hydrogen-bond acceptors (Lipinski definition) is 3. The van der Waals surface area contributed by atoms with Crippen LogP contribution in [-0.2, 0) is 5.41 Å². The van der Waals surface area contributed by atoms with Gasteiger partial charge in [-0.2, -0.15) is 5.26 Å². The second-order valence-electron chi connectivity index (χ2n) is 6.94. The molecule has 1 aromatic heterocycles. The highest BCUT2D eigenvalue weighted by atomic mass is 16.2. The number of para-hydroxylation sites is 1. The largest absolute Gasteiger partial charge is 0.338 e. The summed E-state index contributed by atoms with van der Waals surface area (Å²) >= 11 is 0. The Bertz CT molecular complexity index is 1090. The fourth-order valence-corrected chi connectivity index (χ4v) is 3.87. The summed E-state index contributed by atoms with van der Waals surface area (Å²) in [6, 6.07) is 20.9. The lowest BCUT2D eigenvalue weighted by Gasteiger charge is -2.37. The number of benzene rings is 2. The number of aromatic nitrogens is 1. The lowest BCUT2D eigenvalue weighted by atomic mass is 9.74. The Morgan fingerprint density at radius 1 is 1.04 bits per heavy atom. The molecule has 0 aliphatic carbocycles. The predicted octanol–water partition coefficient (Wildman–Crippen LogP) is 3.23. The van der Waals surface area contributed by atoms with E-state index in [1.54, 1.807) is 11.0 Å². The van der Waals surface area contributed by atoms with Gasteiger partial charge in [0.25, 0.3) is 5.91 Å². The van der Waals surface area contributed by atoms with E-state index in [1.165, 1.54) is 6.07 Å². The minimum atomic E-state index is -0.561. The maximum absolute atomic E-state index is 13.1. The van der Waals surface area contributed by atoms with Gasteiger partial charge in [-0.05, 0) is 24.5 Å². The van der Waals surface area contributed by atoms with Crippen LogP contribution >= 0.6 is 0 Å². The van der Waals surface area contributed by atoms with Crippen LogP contribution < -0.4 is 5.56 Å². The first kappa shape index (κ1) is 17.0. The molecule has 5 nitrogen and oxygen atoms in total. The summed E-state index contributed by atoms with van der Waals surface area (Å²) in [6.45, 7) is 0.977. The van der Waals surface area contributed by atoms with Crippen LogP contribution in [0.3, 0.4) is 0 Å². The van der Waals surface area contributed by atoms with E-state index in [4.69, 9.17) is 0 Å². The van der Waals surface area contributed by atoms with Gasteiger partial charge >= 0.3 is 0 Å². The topological polar surface area (TPSA) is 77.0 Å². The highest BCUT2D eigenvalue weighted by molar-refractivity contribution is 6.06. The first-order valence-electron chi connectivity index (χ1n) is 9.01. The molecule has 0 bridgehead atoms. The Labute approximate surface area is 156 Å². The zero-order valence-electron chi connectivity index (χ0n) is 14.8. The van der Waals surface area contributed by atoms with Crippen LogP contribution in [0.4, 0.5) is 0 Å². The standard InChI is InChI=1S/C22H19N3O2/c23-15-22(16-6-2-1-3-7-16)10-12-25(13-11-22)21(27)18-14-20(26)24-19-9-5-4-8-17(18)19/h1-9,14H,10-13H2,(H,24,26). The summed E-state index contributed by atoms with van der Waals surface area (Å²) < 4.78 is 0. The lowest BCUT2D eigenvalue weighted by molar-refractivity contribution is 0.0693. The van der Waals surface area contributed by atoms with Gasteiger partial charge in [0.15, 0.2) is 0 Å². The van der Waals surface area contributed by atoms with Gasteiger partial charge in [0, 0.05) is 30.1 Å². The molecule has 4 rings (SSSR count). The molecule has 134 valence electrons. The average Bonchev–Trinajstić information content (AvgIpc) is 2.73. The first-order chi connectivity index (χ1) is 13.1. The number of nitrogens with one attached hydrogen (secondary N) is 1. The van der Waals surface area contributed by atoms with Crippen LogP contribution in [0, 0.1) is 11.3 Å². The SMILES string of the molecule is N#CC1(c2ccccc2)CCN(C(=O)c2cc(=O)[nH]c3ccccc23)CC1. The van der Waals surface area contributed by atoms with E-state index in [2.05, 4.69) is 11.1 Å². The number of pyridine rings is 1. The zero-order valence-corrected chi connectivity index (χ0v) is 14.8. The van der Waals surface area contributed by atoms with Crippen molar-refractivity contribution in [1.82, 2.24) is 9.88 Å². The number of carbonyl (C=O) groups is 1. The molecule has 1 N–H and O–H groups in total. The number of amides is 1. The van der Waals surface area contributed by atoms with Crippen molar-refractivity contribution >= 4 is 16.8 Å². The van der Waals surface area contributed by atoms with Gasteiger partial charge in [-0.3, -0.25) is 9.59 Å². The van der Waals surface area contributed by atoms with E-state index in [0.717, 1.165) is 10.9 Å². The van der Waals surface area contributed by atoms with Crippen molar-refractivity contribution in [2.45, 2.75) is 18.3 Å². The number of nitrogens with zero attached hydrogens (tertiary/aromatic N) is 2. The molecule has 0 radical (unpaired) electrons. The summed E-state index contributed by atoms with van der Waals surface area (Å²) in [7, 11) is 0. The summed E-state index contributed by atoms with van der Waals surface area (Å²) in [5.74, 6) is -0.156. The lowest BCUT2D eigenvalue weighted by Crippen LogP contribution is -2.44. The van der Waals surface area contributed by atoms with Crippen molar-refractivity contribution in [2.24, 2.45) is 0 Å².